The highest BCUT2D eigenvalue weighted by molar-refractivity contribution is 4.82. The maximum absolute atomic E-state index is 12.0. The molecule has 5 heteroatoms. The summed E-state index contributed by atoms with van der Waals surface area (Å²) in [6.07, 6.45) is -4.24. The van der Waals surface area contributed by atoms with Crippen molar-refractivity contribution in [3.63, 3.8) is 0 Å². The van der Waals surface area contributed by atoms with E-state index >= 15 is 0 Å². The Bertz CT molecular complexity index is 204. The lowest BCUT2D eigenvalue weighted by Gasteiger charge is -2.31. The van der Waals surface area contributed by atoms with Gasteiger partial charge < -0.3 is 10.4 Å². The summed E-state index contributed by atoms with van der Waals surface area (Å²) in [6.45, 7) is 7.13. The molecule has 0 saturated carbocycles. The maximum atomic E-state index is 12.0. The number of rotatable bonds is 6. The van der Waals surface area contributed by atoms with Crippen molar-refractivity contribution < 1.29 is 18.3 Å². The first-order valence-corrected chi connectivity index (χ1v) is 5.61. The van der Waals surface area contributed by atoms with Crippen molar-refractivity contribution in [3.8, 4) is 0 Å². The van der Waals surface area contributed by atoms with Crippen molar-refractivity contribution in [3.05, 3.63) is 0 Å². The summed E-state index contributed by atoms with van der Waals surface area (Å²) in [5, 5.41) is 12.7. The van der Waals surface area contributed by atoms with E-state index in [1.165, 1.54) is 6.92 Å². The Hall–Kier alpha value is -0.290. The van der Waals surface area contributed by atoms with Crippen LogP contribution in [0.25, 0.3) is 0 Å². The van der Waals surface area contributed by atoms with Gasteiger partial charge >= 0.3 is 6.18 Å². The Labute approximate surface area is 95.2 Å². The van der Waals surface area contributed by atoms with Crippen LogP contribution in [0.2, 0.25) is 0 Å². The summed E-state index contributed by atoms with van der Waals surface area (Å²) in [5.41, 5.74) is -0.964. The largest absolute Gasteiger partial charge is 0.390 e. The standard InChI is InChI=1S/C11H22F3NO/c1-5-8(2)10(4,16)7-15-9(3)6-11(12,13)14/h8-9,15-16H,5-7H2,1-4H3. The molecule has 98 valence electrons. The van der Waals surface area contributed by atoms with Crippen LogP contribution in [0.4, 0.5) is 13.2 Å². The first-order chi connectivity index (χ1) is 7.08. The van der Waals surface area contributed by atoms with Crippen LogP contribution in [0, 0.1) is 5.92 Å². The Morgan fingerprint density at radius 1 is 1.25 bits per heavy atom. The van der Waals surface area contributed by atoms with E-state index in [1.807, 2.05) is 13.8 Å². The Morgan fingerprint density at radius 2 is 1.75 bits per heavy atom. The summed E-state index contributed by atoms with van der Waals surface area (Å²) < 4.78 is 36.1. The van der Waals surface area contributed by atoms with E-state index in [2.05, 4.69) is 5.32 Å². The summed E-state index contributed by atoms with van der Waals surface area (Å²) in [6, 6.07) is -0.671. The minimum Gasteiger partial charge on any atom is -0.389 e. The Morgan fingerprint density at radius 3 is 2.12 bits per heavy atom. The van der Waals surface area contributed by atoms with Crippen molar-refractivity contribution in [2.75, 3.05) is 6.54 Å². The third kappa shape index (κ3) is 6.33. The molecule has 0 aromatic rings. The van der Waals surface area contributed by atoms with Crippen molar-refractivity contribution >= 4 is 0 Å². The second-order valence-corrected chi connectivity index (χ2v) is 4.77. The Balaban J connectivity index is 4.04. The number of hydrogen-bond acceptors (Lipinski definition) is 2. The number of nitrogens with one attached hydrogen (secondary N) is 1. The van der Waals surface area contributed by atoms with Crippen molar-refractivity contribution in [2.24, 2.45) is 5.92 Å². The van der Waals surface area contributed by atoms with E-state index in [9.17, 15) is 18.3 Å². The quantitative estimate of drug-likeness (QED) is 0.749. The molecular weight excluding hydrogens is 219 g/mol. The first-order valence-electron chi connectivity index (χ1n) is 5.61. The molecule has 2 N–H and O–H groups in total. The van der Waals surface area contributed by atoms with Crippen LogP contribution in [0.3, 0.4) is 0 Å². The van der Waals surface area contributed by atoms with E-state index in [1.54, 1.807) is 6.92 Å². The molecule has 0 saturated heterocycles. The number of halogens is 3. The topological polar surface area (TPSA) is 32.3 Å². The van der Waals surface area contributed by atoms with Crippen LogP contribution < -0.4 is 5.32 Å². The smallest absolute Gasteiger partial charge is 0.389 e. The van der Waals surface area contributed by atoms with Gasteiger partial charge in [0.05, 0.1) is 12.0 Å². The fourth-order valence-corrected chi connectivity index (χ4v) is 1.41. The second-order valence-electron chi connectivity index (χ2n) is 4.77. The predicted octanol–water partition coefficient (Wildman–Crippen LogP) is 2.71. The maximum Gasteiger partial charge on any atom is 0.390 e. The highest BCUT2D eigenvalue weighted by Crippen LogP contribution is 2.23. The van der Waals surface area contributed by atoms with Crippen LogP contribution in [0.15, 0.2) is 0 Å². The zero-order chi connectivity index (χ0) is 13.0. The van der Waals surface area contributed by atoms with Gasteiger partial charge in [-0.2, -0.15) is 13.2 Å². The fourth-order valence-electron chi connectivity index (χ4n) is 1.41. The van der Waals surface area contributed by atoms with Crippen molar-refractivity contribution in [2.45, 2.75) is 58.4 Å². The molecule has 0 rings (SSSR count). The number of hydrogen-bond donors (Lipinski definition) is 2. The van der Waals surface area contributed by atoms with Gasteiger partial charge in [0.2, 0.25) is 0 Å². The van der Waals surface area contributed by atoms with Gasteiger partial charge in [0.25, 0.3) is 0 Å². The van der Waals surface area contributed by atoms with E-state index < -0.39 is 24.2 Å². The second kappa shape index (κ2) is 5.87. The van der Waals surface area contributed by atoms with Crippen molar-refractivity contribution in [1.82, 2.24) is 5.32 Å². The fraction of sp³-hybridized carbons (Fsp3) is 1.00. The molecule has 0 aliphatic rings. The van der Waals surface area contributed by atoms with Gasteiger partial charge in [-0.15, -0.1) is 0 Å². The lowest BCUT2D eigenvalue weighted by atomic mass is 9.88. The van der Waals surface area contributed by atoms with Crippen LogP contribution in [0.1, 0.15) is 40.5 Å². The lowest BCUT2D eigenvalue weighted by Crippen LogP contribution is -2.46. The molecule has 0 heterocycles. The molecule has 0 radical (unpaired) electrons. The summed E-state index contributed by atoms with van der Waals surface area (Å²) in [7, 11) is 0. The highest BCUT2D eigenvalue weighted by atomic mass is 19.4. The minimum absolute atomic E-state index is 0.0538. The molecule has 16 heavy (non-hydrogen) atoms. The van der Waals surface area contributed by atoms with E-state index in [-0.39, 0.29) is 12.5 Å². The molecule has 0 aliphatic carbocycles. The third-order valence-corrected chi connectivity index (χ3v) is 3.02. The average Bonchev–Trinajstić information content (AvgIpc) is 2.11. The number of alkyl halides is 3. The lowest BCUT2D eigenvalue weighted by molar-refractivity contribution is -0.139. The monoisotopic (exact) mass is 241 g/mol. The minimum atomic E-state index is -4.16. The van der Waals surface area contributed by atoms with E-state index in [0.717, 1.165) is 6.42 Å². The molecule has 3 unspecified atom stereocenters. The summed E-state index contributed by atoms with van der Waals surface area (Å²) in [4.78, 5) is 0. The van der Waals surface area contributed by atoms with Crippen LogP contribution >= 0.6 is 0 Å². The first kappa shape index (κ1) is 15.7. The molecule has 0 bridgehead atoms. The third-order valence-electron chi connectivity index (χ3n) is 3.02. The van der Waals surface area contributed by atoms with Crippen molar-refractivity contribution in [1.29, 1.82) is 0 Å². The van der Waals surface area contributed by atoms with E-state index in [0.29, 0.717) is 0 Å². The normalized spacial score (nSPS) is 20.2. The van der Waals surface area contributed by atoms with E-state index in [4.69, 9.17) is 0 Å². The molecule has 0 spiro atoms. The molecule has 0 aromatic heterocycles. The van der Waals surface area contributed by atoms with Crippen LogP contribution in [-0.4, -0.2) is 29.5 Å². The summed E-state index contributed by atoms with van der Waals surface area (Å²) in [5.74, 6) is 0.0538. The predicted molar refractivity (Wildman–Crippen MR) is 58.2 cm³/mol. The molecular formula is C11H22F3NO. The van der Waals surface area contributed by atoms with Gasteiger partial charge in [0.1, 0.15) is 0 Å². The average molecular weight is 241 g/mol. The number of aliphatic hydroxyl groups is 1. The van der Waals surface area contributed by atoms with Gasteiger partial charge in [0, 0.05) is 12.6 Å². The van der Waals surface area contributed by atoms with Gasteiger partial charge in [-0.1, -0.05) is 20.3 Å². The Kier molecular flexibility index (Phi) is 5.76. The zero-order valence-electron chi connectivity index (χ0n) is 10.4. The molecule has 0 fully saturated rings. The molecule has 2 nitrogen and oxygen atoms in total. The van der Waals surface area contributed by atoms with Gasteiger partial charge in [-0.3, -0.25) is 0 Å². The van der Waals surface area contributed by atoms with Crippen LogP contribution in [-0.2, 0) is 0 Å². The molecule has 0 aromatic carbocycles. The molecule has 3 atom stereocenters. The van der Waals surface area contributed by atoms with Crippen LogP contribution in [0.5, 0.6) is 0 Å². The highest BCUT2D eigenvalue weighted by Gasteiger charge is 2.32. The van der Waals surface area contributed by atoms with Gasteiger partial charge in [-0.25, -0.2) is 0 Å². The molecule has 0 amide bonds. The zero-order valence-corrected chi connectivity index (χ0v) is 10.4. The van der Waals surface area contributed by atoms with Gasteiger partial charge in [-0.05, 0) is 19.8 Å². The summed E-state index contributed by atoms with van der Waals surface area (Å²) >= 11 is 0. The van der Waals surface area contributed by atoms with Gasteiger partial charge in [0.15, 0.2) is 0 Å². The molecule has 0 aliphatic heterocycles. The SMILES string of the molecule is CCC(C)C(C)(O)CNC(C)CC(F)(F)F.